The van der Waals surface area contributed by atoms with Crippen molar-refractivity contribution in [1.29, 1.82) is 0 Å². The first kappa shape index (κ1) is 16.0. The van der Waals surface area contributed by atoms with Crippen molar-refractivity contribution in [1.82, 2.24) is 14.9 Å². The summed E-state index contributed by atoms with van der Waals surface area (Å²) in [6.45, 7) is 4.11. The van der Waals surface area contributed by atoms with Gasteiger partial charge in [0.2, 0.25) is 0 Å². The molecule has 3 aromatic rings. The number of fused-ring (bicyclic) bond motifs is 1. The summed E-state index contributed by atoms with van der Waals surface area (Å²) in [4.78, 5) is 22.2. The molecule has 1 N–H and O–H groups in total. The third-order valence-electron chi connectivity index (χ3n) is 4.67. The van der Waals surface area contributed by atoms with Crippen LogP contribution in [0.25, 0.3) is 10.9 Å². The average molecular weight is 335 g/mol. The van der Waals surface area contributed by atoms with Crippen LogP contribution in [-0.2, 0) is 11.3 Å². The minimum atomic E-state index is -0.0850. The van der Waals surface area contributed by atoms with Crippen LogP contribution in [-0.4, -0.2) is 34.1 Å². The van der Waals surface area contributed by atoms with E-state index in [9.17, 15) is 4.79 Å². The number of aromatic amines is 1. The van der Waals surface area contributed by atoms with E-state index in [2.05, 4.69) is 33.9 Å². The summed E-state index contributed by atoms with van der Waals surface area (Å²) in [5, 5.41) is 0.626. The number of hydrogen-bond donors (Lipinski definition) is 1. The lowest BCUT2D eigenvalue weighted by Gasteiger charge is -2.38. The highest BCUT2D eigenvalue weighted by atomic mass is 16.5. The van der Waals surface area contributed by atoms with Gasteiger partial charge in [0, 0.05) is 6.54 Å². The van der Waals surface area contributed by atoms with Crippen molar-refractivity contribution in [2.24, 2.45) is 0 Å². The number of morpholine rings is 1. The first-order chi connectivity index (χ1) is 12.2. The highest BCUT2D eigenvalue weighted by Gasteiger charge is 2.28. The van der Waals surface area contributed by atoms with Gasteiger partial charge in [-0.25, -0.2) is 4.98 Å². The van der Waals surface area contributed by atoms with E-state index >= 15 is 0 Å². The lowest BCUT2D eigenvalue weighted by atomic mass is 10.0. The zero-order chi connectivity index (χ0) is 17.2. The second kappa shape index (κ2) is 6.78. The molecule has 5 nitrogen and oxygen atoms in total. The molecule has 0 saturated carbocycles. The molecule has 0 bridgehead atoms. The fraction of sp³-hybridized carbons (Fsp3) is 0.300. The molecule has 2 unspecified atom stereocenters. The van der Waals surface area contributed by atoms with E-state index in [1.54, 1.807) is 6.07 Å². The van der Waals surface area contributed by atoms with Gasteiger partial charge in [-0.1, -0.05) is 42.5 Å². The predicted octanol–water partition coefficient (Wildman–Crippen LogP) is 2.89. The van der Waals surface area contributed by atoms with Crippen LogP contribution < -0.4 is 5.56 Å². The second-order valence-electron chi connectivity index (χ2n) is 6.53. The topological polar surface area (TPSA) is 58.2 Å². The highest BCUT2D eigenvalue weighted by Crippen LogP contribution is 2.27. The Labute approximate surface area is 146 Å². The van der Waals surface area contributed by atoms with E-state index in [1.165, 1.54) is 5.56 Å². The van der Waals surface area contributed by atoms with Gasteiger partial charge in [-0.15, -0.1) is 0 Å². The van der Waals surface area contributed by atoms with Gasteiger partial charge >= 0.3 is 0 Å². The van der Waals surface area contributed by atoms with E-state index in [-0.39, 0.29) is 17.7 Å². The minimum absolute atomic E-state index is 0.0850. The number of H-pyrrole nitrogens is 1. The smallest absolute Gasteiger partial charge is 0.258 e. The van der Waals surface area contributed by atoms with Crippen molar-refractivity contribution in [3.8, 4) is 0 Å². The number of benzene rings is 2. The Kier molecular flexibility index (Phi) is 4.34. The molecule has 4 rings (SSSR count). The first-order valence-electron chi connectivity index (χ1n) is 8.59. The summed E-state index contributed by atoms with van der Waals surface area (Å²) in [6, 6.07) is 17.9. The summed E-state index contributed by atoms with van der Waals surface area (Å²) < 4.78 is 5.87. The number of rotatable bonds is 3. The summed E-state index contributed by atoms with van der Waals surface area (Å²) in [6.07, 6.45) is 0.159. The molecule has 2 heterocycles. The van der Waals surface area contributed by atoms with Crippen molar-refractivity contribution >= 4 is 10.9 Å². The van der Waals surface area contributed by atoms with Crippen molar-refractivity contribution in [3.05, 3.63) is 76.3 Å². The molecular weight excluding hydrogens is 314 g/mol. The number of hydrogen-bond acceptors (Lipinski definition) is 4. The maximum absolute atomic E-state index is 12.3. The Hall–Kier alpha value is -2.50. The molecule has 1 fully saturated rings. The standard InChI is InChI=1S/C20H21N3O2/c1-14-11-23(18(13-25-14)15-7-3-2-4-8-15)12-19-21-17-10-6-5-9-16(17)20(24)22-19/h2-10,14,18H,11-13H2,1H3,(H,21,22,24). The van der Waals surface area contributed by atoms with Crippen LogP contribution in [0, 0.1) is 0 Å². The van der Waals surface area contributed by atoms with Gasteiger partial charge in [-0.3, -0.25) is 9.69 Å². The van der Waals surface area contributed by atoms with Crippen LogP contribution in [0.15, 0.2) is 59.4 Å². The van der Waals surface area contributed by atoms with E-state index in [0.29, 0.717) is 24.4 Å². The first-order valence-corrected chi connectivity index (χ1v) is 8.59. The van der Waals surface area contributed by atoms with Crippen molar-refractivity contribution in [2.45, 2.75) is 25.6 Å². The zero-order valence-electron chi connectivity index (χ0n) is 14.2. The van der Waals surface area contributed by atoms with Crippen LogP contribution in [0.5, 0.6) is 0 Å². The normalized spacial score (nSPS) is 21.5. The molecule has 2 aromatic carbocycles. The lowest BCUT2D eigenvalue weighted by Crippen LogP contribution is -2.43. The largest absolute Gasteiger partial charge is 0.375 e. The fourth-order valence-corrected chi connectivity index (χ4v) is 3.43. The zero-order valence-corrected chi connectivity index (χ0v) is 14.2. The van der Waals surface area contributed by atoms with E-state index in [1.807, 2.05) is 36.4 Å². The quantitative estimate of drug-likeness (QED) is 0.799. The van der Waals surface area contributed by atoms with Crippen molar-refractivity contribution < 1.29 is 4.74 Å². The Balaban J connectivity index is 1.66. The van der Waals surface area contributed by atoms with Gasteiger partial charge in [0.05, 0.1) is 36.2 Å². The summed E-state index contributed by atoms with van der Waals surface area (Å²) >= 11 is 0. The SMILES string of the molecule is CC1CN(Cc2nc3ccccc3c(=O)[nH]2)C(c2ccccc2)CO1. The van der Waals surface area contributed by atoms with Gasteiger partial charge in [0.25, 0.3) is 5.56 Å². The van der Waals surface area contributed by atoms with E-state index < -0.39 is 0 Å². The Morgan fingerprint density at radius 1 is 1.16 bits per heavy atom. The number of aromatic nitrogens is 2. The molecule has 2 atom stereocenters. The molecule has 0 amide bonds. The molecule has 0 spiro atoms. The third kappa shape index (κ3) is 3.34. The van der Waals surface area contributed by atoms with Gasteiger partial charge in [0.1, 0.15) is 5.82 Å². The Bertz CT molecular complexity index is 923. The molecule has 1 aliphatic rings. The Morgan fingerprint density at radius 2 is 1.92 bits per heavy atom. The maximum Gasteiger partial charge on any atom is 0.258 e. The van der Waals surface area contributed by atoms with Crippen LogP contribution in [0.4, 0.5) is 0 Å². The van der Waals surface area contributed by atoms with Gasteiger partial charge in [0.15, 0.2) is 0 Å². The molecule has 1 aliphatic heterocycles. The van der Waals surface area contributed by atoms with E-state index in [0.717, 1.165) is 12.1 Å². The molecule has 0 radical (unpaired) electrons. The molecule has 1 aromatic heterocycles. The summed E-state index contributed by atoms with van der Waals surface area (Å²) in [5.41, 5.74) is 1.87. The van der Waals surface area contributed by atoms with E-state index in [4.69, 9.17) is 4.74 Å². The molecule has 1 saturated heterocycles. The van der Waals surface area contributed by atoms with Crippen molar-refractivity contribution in [2.75, 3.05) is 13.2 Å². The number of nitrogens with one attached hydrogen (secondary N) is 1. The minimum Gasteiger partial charge on any atom is -0.375 e. The number of nitrogens with zero attached hydrogens (tertiary/aromatic N) is 2. The summed E-state index contributed by atoms with van der Waals surface area (Å²) in [5.74, 6) is 0.693. The summed E-state index contributed by atoms with van der Waals surface area (Å²) in [7, 11) is 0. The van der Waals surface area contributed by atoms with Gasteiger partial charge in [-0.2, -0.15) is 0 Å². The van der Waals surface area contributed by atoms with Crippen LogP contribution in [0.1, 0.15) is 24.4 Å². The van der Waals surface area contributed by atoms with Gasteiger partial charge in [-0.05, 0) is 24.6 Å². The third-order valence-corrected chi connectivity index (χ3v) is 4.67. The van der Waals surface area contributed by atoms with Crippen LogP contribution in [0.2, 0.25) is 0 Å². The van der Waals surface area contributed by atoms with Crippen LogP contribution >= 0.6 is 0 Å². The molecular formula is C20H21N3O2. The average Bonchev–Trinajstić information content (AvgIpc) is 2.63. The second-order valence-corrected chi connectivity index (χ2v) is 6.53. The lowest BCUT2D eigenvalue weighted by molar-refractivity contribution is -0.0606. The molecule has 5 heteroatoms. The van der Waals surface area contributed by atoms with Crippen molar-refractivity contribution in [3.63, 3.8) is 0 Å². The Morgan fingerprint density at radius 3 is 2.76 bits per heavy atom. The molecule has 25 heavy (non-hydrogen) atoms. The highest BCUT2D eigenvalue weighted by molar-refractivity contribution is 5.77. The van der Waals surface area contributed by atoms with Crippen LogP contribution in [0.3, 0.4) is 0 Å². The fourth-order valence-electron chi connectivity index (χ4n) is 3.43. The number of para-hydroxylation sites is 1. The molecule has 128 valence electrons. The van der Waals surface area contributed by atoms with Gasteiger partial charge < -0.3 is 9.72 Å². The maximum atomic E-state index is 12.3. The predicted molar refractivity (Wildman–Crippen MR) is 97.4 cm³/mol. The number of ether oxygens (including phenoxy) is 1. The molecule has 0 aliphatic carbocycles. The monoisotopic (exact) mass is 335 g/mol.